The lowest BCUT2D eigenvalue weighted by Crippen LogP contribution is -2.21. The second-order valence-corrected chi connectivity index (χ2v) is 3.78. The third kappa shape index (κ3) is 4.89. The van der Waals surface area contributed by atoms with Crippen LogP contribution in [0.3, 0.4) is 0 Å². The zero-order valence-corrected chi connectivity index (χ0v) is 8.59. The molecular formula is C10H13NO2S. The van der Waals surface area contributed by atoms with Gasteiger partial charge in [0.05, 0.1) is 6.54 Å². The molecular weight excluding hydrogens is 198 g/mol. The summed E-state index contributed by atoms with van der Waals surface area (Å²) in [6, 6.07) is 10.1. The van der Waals surface area contributed by atoms with E-state index in [-0.39, 0.29) is 6.54 Å². The van der Waals surface area contributed by atoms with Crippen LogP contribution in [-0.4, -0.2) is 23.5 Å². The fourth-order valence-electron chi connectivity index (χ4n) is 0.973. The number of carbonyl (C=O) groups is 1. The number of thioether (sulfide) groups is 1. The fourth-order valence-corrected chi connectivity index (χ4v) is 1.75. The van der Waals surface area contributed by atoms with Crippen molar-refractivity contribution in [1.82, 2.24) is 5.32 Å². The van der Waals surface area contributed by atoms with E-state index in [1.54, 1.807) is 11.8 Å². The highest BCUT2D eigenvalue weighted by Crippen LogP contribution is 2.09. The molecule has 0 bridgehead atoms. The van der Waals surface area contributed by atoms with E-state index in [4.69, 9.17) is 5.11 Å². The molecule has 14 heavy (non-hydrogen) atoms. The maximum atomic E-state index is 10.2. The maximum absolute atomic E-state index is 10.2. The van der Waals surface area contributed by atoms with Gasteiger partial charge in [-0.2, -0.15) is 0 Å². The first-order valence-corrected chi connectivity index (χ1v) is 5.48. The Bertz CT molecular complexity index is 277. The molecule has 3 nitrogen and oxygen atoms in total. The van der Waals surface area contributed by atoms with Gasteiger partial charge in [-0.15, -0.1) is 11.8 Å². The summed E-state index contributed by atoms with van der Waals surface area (Å²) in [7, 11) is 0. The normalized spacial score (nSPS) is 10.0. The number of carboxylic acid groups (broad SMARTS) is 1. The van der Waals surface area contributed by atoms with E-state index in [0.29, 0.717) is 5.88 Å². The van der Waals surface area contributed by atoms with E-state index in [1.807, 2.05) is 18.2 Å². The Morgan fingerprint density at radius 3 is 2.71 bits per heavy atom. The Labute approximate surface area is 87.5 Å². The predicted molar refractivity (Wildman–Crippen MR) is 58.2 cm³/mol. The summed E-state index contributed by atoms with van der Waals surface area (Å²) < 4.78 is 0. The predicted octanol–water partition coefficient (Wildman–Crippen LogP) is 1.55. The van der Waals surface area contributed by atoms with Crippen molar-refractivity contribution in [2.24, 2.45) is 0 Å². The number of hydrogen-bond acceptors (Lipinski definition) is 3. The molecule has 0 spiro atoms. The largest absolute Gasteiger partial charge is 0.480 e. The van der Waals surface area contributed by atoms with Gasteiger partial charge in [-0.25, -0.2) is 0 Å². The lowest BCUT2D eigenvalue weighted by molar-refractivity contribution is -0.135. The van der Waals surface area contributed by atoms with E-state index >= 15 is 0 Å². The van der Waals surface area contributed by atoms with Gasteiger partial charge in [-0.1, -0.05) is 30.3 Å². The second-order valence-electron chi connectivity index (χ2n) is 2.80. The first kappa shape index (κ1) is 11.1. The summed E-state index contributed by atoms with van der Waals surface area (Å²) in [4.78, 5) is 10.2. The molecule has 0 saturated heterocycles. The average molecular weight is 211 g/mol. The van der Waals surface area contributed by atoms with Crippen LogP contribution in [0, 0.1) is 0 Å². The molecule has 0 fully saturated rings. The summed E-state index contributed by atoms with van der Waals surface area (Å²) in [6.07, 6.45) is 0. The quantitative estimate of drug-likeness (QED) is 0.553. The third-order valence-corrected chi connectivity index (χ3v) is 2.54. The Hall–Kier alpha value is -1.00. The van der Waals surface area contributed by atoms with Crippen LogP contribution in [0.15, 0.2) is 30.3 Å². The van der Waals surface area contributed by atoms with Gasteiger partial charge in [0.1, 0.15) is 0 Å². The third-order valence-electron chi connectivity index (χ3n) is 1.59. The lowest BCUT2D eigenvalue weighted by Gasteiger charge is -2.01. The average Bonchev–Trinajstić information content (AvgIpc) is 2.18. The first-order chi connectivity index (χ1) is 6.79. The summed E-state index contributed by atoms with van der Waals surface area (Å²) in [5.41, 5.74) is 1.26. The van der Waals surface area contributed by atoms with Gasteiger partial charge in [0.25, 0.3) is 0 Å². The van der Waals surface area contributed by atoms with Crippen molar-refractivity contribution in [3.8, 4) is 0 Å². The molecule has 4 heteroatoms. The highest BCUT2D eigenvalue weighted by molar-refractivity contribution is 7.98. The van der Waals surface area contributed by atoms with E-state index in [0.717, 1.165) is 5.75 Å². The van der Waals surface area contributed by atoms with Crippen LogP contribution in [-0.2, 0) is 10.5 Å². The van der Waals surface area contributed by atoms with E-state index < -0.39 is 5.97 Å². The van der Waals surface area contributed by atoms with Crippen molar-refractivity contribution in [1.29, 1.82) is 0 Å². The summed E-state index contributed by atoms with van der Waals surface area (Å²) in [6.45, 7) is 0.0296. The van der Waals surface area contributed by atoms with Crippen LogP contribution in [0.5, 0.6) is 0 Å². The van der Waals surface area contributed by atoms with Gasteiger partial charge in [0.2, 0.25) is 0 Å². The smallest absolute Gasteiger partial charge is 0.317 e. The Morgan fingerprint density at radius 1 is 1.36 bits per heavy atom. The van der Waals surface area contributed by atoms with Crippen molar-refractivity contribution in [2.45, 2.75) is 5.75 Å². The lowest BCUT2D eigenvalue weighted by atomic mass is 10.2. The van der Waals surface area contributed by atoms with Gasteiger partial charge in [0.15, 0.2) is 0 Å². The van der Waals surface area contributed by atoms with Crippen molar-refractivity contribution in [2.75, 3.05) is 12.4 Å². The molecule has 1 aromatic rings. The molecule has 0 heterocycles. The van der Waals surface area contributed by atoms with Gasteiger partial charge in [0, 0.05) is 11.6 Å². The molecule has 0 atom stereocenters. The molecule has 0 aliphatic heterocycles. The molecule has 1 rings (SSSR count). The van der Waals surface area contributed by atoms with Crippen LogP contribution in [0.4, 0.5) is 0 Å². The highest BCUT2D eigenvalue weighted by Gasteiger charge is 1.95. The summed E-state index contributed by atoms with van der Waals surface area (Å²) >= 11 is 1.67. The van der Waals surface area contributed by atoms with Crippen LogP contribution in [0.25, 0.3) is 0 Å². The van der Waals surface area contributed by atoms with Crippen LogP contribution in [0.1, 0.15) is 5.56 Å². The Morgan fingerprint density at radius 2 is 2.07 bits per heavy atom. The van der Waals surface area contributed by atoms with Crippen molar-refractivity contribution in [3.63, 3.8) is 0 Å². The number of hydrogen-bond donors (Lipinski definition) is 2. The van der Waals surface area contributed by atoms with E-state index in [2.05, 4.69) is 17.4 Å². The number of benzene rings is 1. The highest BCUT2D eigenvalue weighted by atomic mass is 32.2. The van der Waals surface area contributed by atoms with Gasteiger partial charge < -0.3 is 5.11 Å². The first-order valence-electron chi connectivity index (χ1n) is 4.33. The van der Waals surface area contributed by atoms with Crippen molar-refractivity contribution >= 4 is 17.7 Å². The fraction of sp³-hybridized carbons (Fsp3) is 0.300. The molecule has 0 aromatic heterocycles. The standard InChI is InChI=1S/C10H13NO2S/c12-10(13)6-11-8-14-7-9-4-2-1-3-5-9/h1-5,11H,6-8H2,(H,12,13). The maximum Gasteiger partial charge on any atom is 0.317 e. The molecule has 1 aromatic carbocycles. The molecule has 2 N–H and O–H groups in total. The zero-order valence-electron chi connectivity index (χ0n) is 7.77. The van der Waals surface area contributed by atoms with Crippen LogP contribution in [0.2, 0.25) is 0 Å². The molecule has 0 radical (unpaired) electrons. The summed E-state index contributed by atoms with van der Waals surface area (Å²) in [5.74, 6) is 0.764. The van der Waals surface area contributed by atoms with Gasteiger partial charge in [-0.3, -0.25) is 10.1 Å². The number of nitrogens with one attached hydrogen (secondary N) is 1. The van der Waals surface area contributed by atoms with Crippen molar-refractivity contribution < 1.29 is 9.90 Å². The topological polar surface area (TPSA) is 49.3 Å². The molecule has 76 valence electrons. The number of carboxylic acids is 1. The minimum atomic E-state index is -0.815. The van der Waals surface area contributed by atoms with E-state index in [9.17, 15) is 4.79 Å². The van der Waals surface area contributed by atoms with E-state index in [1.165, 1.54) is 5.56 Å². The van der Waals surface area contributed by atoms with Gasteiger partial charge in [-0.05, 0) is 5.56 Å². The van der Waals surface area contributed by atoms with Gasteiger partial charge >= 0.3 is 5.97 Å². The van der Waals surface area contributed by atoms with Crippen molar-refractivity contribution in [3.05, 3.63) is 35.9 Å². The Balaban J connectivity index is 2.08. The van der Waals surface area contributed by atoms with Crippen LogP contribution >= 0.6 is 11.8 Å². The zero-order chi connectivity index (χ0) is 10.2. The SMILES string of the molecule is O=C(O)CNCSCc1ccccc1. The molecule has 0 amide bonds. The second kappa shape index (κ2) is 6.45. The minimum absolute atomic E-state index is 0.0296. The minimum Gasteiger partial charge on any atom is -0.480 e. The molecule has 0 unspecified atom stereocenters. The molecule has 0 saturated carbocycles. The monoisotopic (exact) mass is 211 g/mol. The Kier molecular flexibility index (Phi) is 5.11. The number of aliphatic carboxylic acids is 1. The molecule has 0 aliphatic rings. The number of rotatable bonds is 6. The summed E-state index contributed by atoms with van der Waals surface area (Å²) in [5, 5.41) is 11.2. The van der Waals surface area contributed by atoms with Crippen LogP contribution < -0.4 is 5.32 Å². The molecule has 0 aliphatic carbocycles.